The number of hydrogen-bond acceptors (Lipinski definition) is 10. The summed E-state index contributed by atoms with van der Waals surface area (Å²) in [5, 5.41) is 53.1. The maximum Gasteiger partial charge on any atom is 0.325 e. The predicted molar refractivity (Wildman–Crippen MR) is 71.1 cm³/mol. The minimum atomic E-state index is -4.74. The second kappa shape index (κ2) is 4.81. The molecule has 0 fully saturated rings. The maximum absolute atomic E-state index is 11.2. The number of nitrogens with zero attached hydrogens (tertiary/aromatic N) is 4. The van der Waals surface area contributed by atoms with Crippen molar-refractivity contribution in [3.8, 4) is 0 Å². The van der Waals surface area contributed by atoms with Crippen LogP contribution >= 0.6 is 0 Å². The molecule has 14 nitrogen and oxygen atoms in total. The molecule has 0 amide bonds. The number of sulfonamides is 2. The first-order valence-electron chi connectivity index (χ1n) is 5.26. The minimum absolute atomic E-state index is 0.156. The van der Waals surface area contributed by atoms with E-state index in [9.17, 15) is 47.5 Å². The molecule has 0 aliphatic carbocycles. The van der Waals surface area contributed by atoms with E-state index in [4.69, 9.17) is 0 Å². The van der Waals surface area contributed by atoms with Gasteiger partial charge in [-0.25, -0.2) is 9.80 Å². The van der Waals surface area contributed by atoms with Gasteiger partial charge in [-0.1, -0.05) is 0 Å². The zero-order valence-electron chi connectivity index (χ0n) is 10.6. The Morgan fingerprint density at radius 3 is 1.30 bits per heavy atom. The Balaban J connectivity index is 2.45. The molecule has 0 aromatic heterocycles. The first kappa shape index (κ1) is 16.5. The number of amidine groups is 2. The Bertz CT molecular complexity index is 821. The Morgan fingerprint density at radius 2 is 1.00 bits per heavy atom. The van der Waals surface area contributed by atoms with Crippen LogP contribution in [0.5, 0.6) is 0 Å². The van der Waals surface area contributed by atoms with Gasteiger partial charge in [0.15, 0.2) is 0 Å². The molecule has 0 aromatic rings. The molecule has 16 heteroatoms. The third-order valence-corrected chi connectivity index (χ3v) is 4.70. The molecule has 0 spiro atoms. The summed E-state index contributed by atoms with van der Waals surface area (Å²) in [5.41, 5.74) is 0. The van der Waals surface area contributed by atoms with E-state index < -0.39 is 60.7 Å². The lowest BCUT2D eigenvalue weighted by atomic mass is 10.6. The minimum Gasteiger partial charge on any atom is -0.494 e. The van der Waals surface area contributed by atoms with Gasteiger partial charge in [0.25, 0.3) is 21.9 Å². The van der Waals surface area contributed by atoms with Gasteiger partial charge in [0.05, 0.1) is 0 Å². The van der Waals surface area contributed by atoms with Crippen molar-refractivity contribution in [2.45, 2.75) is 0 Å². The standard InChI is InChI=1S/C7H8N4O10S2/c12-2-4(14)22(18,19)8-6(16)10(2)1-11-3(13)5(15)23(20,21)9-7(11)17/h12-15H,1H2,(H,8,16)(H,9,17). The summed E-state index contributed by atoms with van der Waals surface area (Å²) in [6.45, 7) is -1.08. The highest BCUT2D eigenvalue weighted by Crippen LogP contribution is 2.24. The smallest absolute Gasteiger partial charge is 0.325 e. The zero-order chi connectivity index (χ0) is 17.7. The Labute approximate surface area is 127 Å². The number of rotatable bonds is 2. The number of hydrogen-bond donors (Lipinski definition) is 6. The first-order valence-corrected chi connectivity index (χ1v) is 8.14. The third kappa shape index (κ3) is 2.52. The fraction of sp³-hybridized carbons (Fsp3) is 0.143. The van der Waals surface area contributed by atoms with Crippen molar-refractivity contribution in [1.82, 2.24) is 9.80 Å². The van der Waals surface area contributed by atoms with Crippen LogP contribution in [0, 0.1) is 0 Å². The molecule has 2 heterocycles. The summed E-state index contributed by atoms with van der Waals surface area (Å²) in [7, 11) is -9.48. The van der Waals surface area contributed by atoms with Crippen molar-refractivity contribution in [3.05, 3.63) is 21.9 Å². The summed E-state index contributed by atoms with van der Waals surface area (Å²) >= 11 is 0. The molecule has 0 aromatic carbocycles. The van der Waals surface area contributed by atoms with Crippen LogP contribution in [-0.2, 0) is 20.0 Å². The molecule has 0 saturated carbocycles. The average Bonchev–Trinajstić information content (AvgIpc) is 2.41. The predicted octanol–water partition coefficient (Wildman–Crippen LogP) is -1.45. The van der Waals surface area contributed by atoms with Crippen LogP contribution in [0.1, 0.15) is 0 Å². The average molecular weight is 372 g/mol. The van der Waals surface area contributed by atoms with Gasteiger partial charge in [0, 0.05) is 0 Å². The lowest BCUT2D eigenvalue weighted by molar-refractivity contribution is 0.139. The van der Waals surface area contributed by atoms with E-state index in [1.54, 1.807) is 0 Å². The first-order chi connectivity index (χ1) is 10.4. The van der Waals surface area contributed by atoms with Crippen LogP contribution in [0.15, 0.2) is 30.7 Å². The highest BCUT2D eigenvalue weighted by Gasteiger charge is 2.39. The van der Waals surface area contributed by atoms with Crippen LogP contribution < -0.4 is 0 Å². The number of aliphatic hydroxyl groups is 6. The van der Waals surface area contributed by atoms with E-state index in [1.807, 2.05) is 0 Å². The summed E-state index contributed by atoms with van der Waals surface area (Å²) in [5.74, 6) is -2.88. The van der Waals surface area contributed by atoms with Crippen LogP contribution in [0.25, 0.3) is 0 Å². The summed E-state index contributed by atoms with van der Waals surface area (Å²) in [4.78, 5) is 0.313. The lowest BCUT2D eigenvalue weighted by Crippen LogP contribution is -2.47. The van der Waals surface area contributed by atoms with Gasteiger partial charge in [0.2, 0.25) is 0 Å². The van der Waals surface area contributed by atoms with Gasteiger partial charge >= 0.3 is 32.1 Å². The van der Waals surface area contributed by atoms with Crippen molar-refractivity contribution in [1.29, 1.82) is 0 Å². The second-order valence-corrected chi connectivity index (χ2v) is 7.03. The molecule has 0 radical (unpaired) electrons. The molecule has 2 aliphatic rings. The Hall–Kier alpha value is -2.88. The van der Waals surface area contributed by atoms with Gasteiger partial charge in [-0.15, -0.1) is 8.80 Å². The van der Waals surface area contributed by atoms with E-state index in [-0.39, 0.29) is 9.80 Å². The highest BCUT2D eigenvalue weighted by molar-refractivity contribution is 7.94. The quantitative estimate of drug-likeness (QED) is 0.327. The zero-order valence-corrected chi connectivity index (χ0v) is 12.3. The summed E-state index contributed by atoms with van der Waals surface area (Å²) in [6.07, 6.45) is 0. The number of aliphatic hydroxyl groups excluding tert-OH is 6. The summed E-state index contributed by atoms with van der Waals surface area (Å²) in [6, 6.07) is -2.76. The monoisotopic (exact) mass is 372 g/mol. The van der Waals surface area contributed by atoms with Crippen molar-refractivity contribution in [2.24, 2.45) is 8.80 Å². The second-order valence-electron chi connectivity index (χ2n) is 3.99. The van der Waals surface area contributed by atoms with E-state index >= 15 is 0 Å². The fourth-order valence-corrected chi connectivity index (χ4v) is 2.93. The van der Waals surface area contributed by atoms with Crippen LogP contribution in [0.2, 0.25) is 0 Å². The van der Waals surface area contributed by atoms with Crippen molar-refractivity contribution in [2.75, 3.05) is 6.67 Å². The molecule has 2 rings (SSSR count). The fourth-order valence-electron chi connectivity index (χ4n) is 1.45. The molecule has 2 aliphatic heterocycles. The normalized spacial score (nSPS) is 23.7. The molecular weight excluding hydrogens is 364 g/mol. The topological polar surface area (TPSA) is 221 Å². The lowest BCUT2D eigenvalue weighted by Gasteiger charge is -2.30. The van der Waals surface area contributed by atoms with Crippen molar-refractivity contribution < 1.29 is 47.5 Å². The summed E-state index contributed by atoms with van der Waals surface area (Å²) < 4.78 is 50.1. The molecule has 23 heavy (non-hydrogen) atoms. The Morgan fingerprint density at radius 1 is 0.696 bits per heavy atom. The van der Waals surface area contributed by atoms with Gasteiger partial charge < -0.3 is 30.6 Å². The molecule has 0 unspecified atom stereocenters. The molecule has 0 atom stereocenters. The van der Waals surface area contributed by atoms with Crippen LogP contribution in [0.4, 0.5) is 0 Å². The maximum atomic E-state index is 11.2. The molecular formula is C7H8N4O10S2. The van der Waals surface area contributed by atoms with E-state index in [2.05, 4.69) is 8.80 Å². The molecule has 0 bridgehead atoms. The van der Waals surface area contributed by atoms with Crippen molar-refractivity contribution >= 4 is 32.1 Å². The largest absolute Gasteiger partial charge is 0.494 e. The van der Waals surface area contributed by atoms with Gasteiger partial charge in [-0.3, -0.25) is 0 Å². The molecule has 0 saturated heterocycles. The Kier molecular flexibility index (Phi) is 3.45. The molecule has 6 N–H and O–H groups in total. The van der Waals surface area contributed by atoms with Gasteiger partial charge in [0.1, 0.15) is 6.67 Å². The molecule has 128 valence electrons. The van der Waals surface area contributed by atoms with E-state index in [0.29, 0.717) is 0 Å². The van der Waals surface area contributed by atoms with Crippen LogP contribution in [-0.4, -0.2) is 76.0 Å². The van der Waals surface area contributed by atoms with Gasteiger partial charge in [-0.05, 0) is 0 Å². The third-order valence-electron chi connectivity index (χ3n) is 2.55. The highest BCUT2D eigenvalue weighted by atomic mass is 32.2. The van der Waals surface area contributed by atoms with E-state index in [0.717, 1.165) is 0 Å². The SMILES string of the molecule is O=S1(=O)N=C(O)N(CN2C(O)=NS(=O)(=O)C(O)=C2O)C(O)=C1O. The van der Waals surface area contributed by atoms with Crippen LogP contribution in [0.3, 0.4) is 0 Å². The van der Waals surface area contributed by atoms with Gasteiger partial charge in [-0.2, -0.15) is 16.8 Å². The van der Waals surface area contributed by atoms with Crippen molar-refractivity contribution in [3.63, 3.8) is 0 Å². The van der Waals surface area contributed by atoms with E-state index in [1.165, 1.54) is 0 Å².